The Balaban J connectivity index is 2.87. The van der Waals surface area contributed by atoms with Crippen molar-refractivity contribution in [2.45, 2.75) is 6.92 Å². The first-order chi connectivity index (χ1) is 6.77. The Hall–Kier alpha value is -1.22. The molecule has 0 saturated heterocycles. The van der Waals surface area contributed by atoms with Gasteiger partial charge in [0.1, 0.15) is 12.5 Å². The predicted octanol–water partition coefficient (Wildman–Crippen LogP) is 1.93. The molecule has 2 radical (unpaired) electrons. The van der Waals surface area contributed by atoms with Crippen molar-refractivity contribution in [2.24, 2.45) is 0 Å². The molecule has 0 atom stereocenters. The average Bonchev–Trinajstić information content (AvgIpc) is 2.18. The van der Waals surface area contributed by atoms with E-state index in [0.29, 0.717) is 13.3 Å². The zero-order valence-corrected chi connectivity index (χ0v) is 8.44. The van der Waals surface area contributed by atoms with E-state index in [1.807, 2.05) is 31.2 Å². The summed E-state index contributed by atoms with van der Waals surface area (Å²) in [6, 6.07) is 0. The summed E-state index contributed by atoms with van der Waals surface area (Å²) < 4.78 is 5.45. The molecule has 1 aliphatic heterocycles. The van der Waals surface area contributed by atoms with E-state index >= 15 is 0 Å². The van der Waals surface area contributed by atoms with Crippen molar-refractivity contribution in [1.29, 1.82) is 0 Å². The molecule has 0 amide bonds. The van der Waals surface area contributed by atoms with Crippen LogP contribution in [0.15, 0.2) is 48.3 Å². The summed E-state index contributed by atoms with van der Waals surface area (Å²) in [6.07, 6.45) is 9.46. The van der Waals surface area contributed by atoms with Crippen LogP contribution in [0, 0.1) is 0 Å². The molecule has 0 aromatic carbocycles. The van der Waals surface area contributed by atoms with Gasteiger partial charge in [-0.25, -0.2) is 0 Å². The molecule has 0 saturated carbocycles. The van der Waals surface area contributed by atoms with Crippen LogP contribution >= 0.6 is 0 Å². The molecule has 72 valence electrons. The molecular weight excluding hydrogens is 173 g/mol. The highest BCUT2D eigenvalue weighted by Crippen LogP contribution is 2.16. The molecule has 1 rings (SSSR count). The zero-order valence-electron chi connectivity index (χ0n) is 8.44. The molecular formula is C11H14BNO. The van der Waals surface area contributed by atoms with Crippen LogP contribution < -0.4 is 0 Å². The molecule has 1 heterocycles. The smallest absolute Gasteiger partial charge is 0.187 e. The molecule has 0 N–H and O–H groups in total. The van der Waals surface area contributed by atoms with Crippen molar-refractivity contribution in [3.05, 3.63) is 48.3 Å². The van der Waals surface area contributed by atoms with Gasteiger partial charge in [-0.05, 0) is 13.0 Å². The summed E-state index contributed by atoms with van der Waals surface area (Å²) in [5.74, 6) is 0.882. The molecule has 0 aromatic heterocycles. The summed E-state index contributed by atoms with van der Waals surface area (Å²) in [5.41, 5.74) is 1.07. The van der Waals surface area contributed by atoms with Crippen LogP contribution in [0.1, 0.15) is 6.92 Å². The topological polar surface area (TPSA) is 12.5 Å². The summed E-state index contributed by atoms with van der Waals surface area (Å²) in [7, 11) is 5.65. The first-order valence-corrected chi connectivity index (χ1v) is 4.55. The second kappa shape index (κ2) is 5.50. The quantitative estimate of drug-likeness (QED) is 0.494. The van der Waals surface area contributed by atoms with Crippen LogP contribution in [0.4, 0.5) is 0 Å². The fourth-order valence-corrected chi connectivity index (χ4v) is 1.21. The Morgan fingerprint density at radius 2 is 2.29 bits per heavy atom. The Morgan fingerprint density at radius 1 is 1.50 bits per heavy atom. The van der Waals surface area contributed by atoms with Gasteiger partial charge in [-0.1, -0.05) is 30.9 Å². The van der Waals surface area contributed by atoms with Crippen LogP contribution in [0.25, 0.3) is 0 Å². The Kier molecular flexibility index (Phi) is 4.27. The fraction of sp³-hybridized carbons (Fsp3) is 0.273. The minimum Gasteiger partial charge on any atom is -0.479 e. The lowest BCUT2D eigenvalue weighted by Crippen LogP contribution is -2.30. The highest BCUT2D eigenvalue weighted by molar-refractivity contribution is 6.04. The molecule has 0 unspecified atom stereocenters. The van der Waals surface area contributed by atoms with Crippen molar-refractivity contribution < 1.29 is 4.74 Å². The van der Waals surface area contributed by atoms with Crippen molar-refractivity contribution in [3.8, 4) is 0 Å². The maximum atomic E-state index is 5.65. The van der Waals surface area contributed by atoms with Gasteiger partial charge >= 0.3 is 0 Å². The van der Waals surface area contributed by atoms with Crippen LogP contribution in [0.3, 0.4) is 0 Å². The van der Waals surface area contributed by atoms with Crippen molar-refractivity contribution in [1.82, 2.24) is 4.81 Å². The van der Waals surface area contributed by atoms with Gasteiger partial charge in [0.25, 0.3) is 0 Å². The van der Waals surface area contributed by atoms with Crippen LogP contribution in [0.5, 0.6) is 0 Å². The lowest BCUT2D eigenvalue weighted by molar-refractivity contribution is 0.123. The number of nitrogens with zero attached hydrogens (tertiary/aromatic N) is 1. The van der Waals surface area contributed by atoms with E-state index in [1.54, 1.807) is 10.9 Å². The molecule has 1 aliphatic rings. The third-order valence-corrected chi connectivity index (χ3v) is 1.83. The minimum atomic E-state index is 0.436. The van der Waals surface area contributed by atoms with E-state index in [2.05, 4.69) is 6.58 Å². The number of allylic oxidation sites excluding steroid dienone is 4. The largest absolute Gasteiger partial charge is 0.479 e. The van der Waals surface area contributed by atoms with Crippen LogP contribution in [-0.4, -0.2) is 26.1 Å². The SMILES string of the molecule is [B]N1COC(/C=C/C)=C(/C=C\C=C)C1. The second-order valence-corrected chi connectivity index (χ2v) is 3.00. The molecule has 0 fully saturated rings. The first-order valence-electron chi connectivity index (χ1n) is 4.55. The van der Waals surface area contributed by atoms with E-state index in [9.17, 15) is 0 Å². The first kappa shape index (κ1) is 10.9. The standard InChI is InChI=1S/C11H14BNO/c1-3-5-7-10-8-13(12)9-14-11(10)6-4-2/h3-7H,1,8-9H2,2H3/b6-4+,7-5-. The van der Waals surface area contributed by atoms with Gasteiger partial charge in [0.2, 0.25) is 0 Å². The van der Waals surface area contributed by atoms with Gasteiger partial charge in [0, 0.05) is 12.1 Å². The maximum absolute atomic E-state index is 5.65. The Labute approximate surface area is 86.7 Å². The number of ether oxygens (including phenoxy) is 1. The summed E-state index contributed by atoms with van der Waals surface area (Å²) in [5, 5.41) is 0. The van der Waals surface area contributed by atoms with Crippen LogP contribution in [0.2, 0.25) is 0 Å². The predicted molar refractivity (Wildman–Crippen MR) is 59.6 cm³/mol. The molecule has 0 aliphatic carbocycles. The lowest BCUT2D eigenvalue weighted by Gasteiger charge is -2.26. The van der Waals surface area contributed by atoms with Gasteiger partial charge in [0.05, 0.1) is 0 Å². The third kappa shape index (κ3) is 2.93. The van der Waals surface area contributed by atoms with E-state index in [1.165, 1.54) is 0 Å². The van der Waals surface area contributed by atoms with Crippen molar-refractivity contribution in [2.75, 3.05) is 13.3 Å². The van der Waals surface area contributed by atoms with Gasteiger partial charge in [-0.3, -0.25) is 0 Å². The van der Waals surface area contributed by atoms with Gasteiger partial charge in [-0.15, -0.1) is 0 Å². The fourth-order valence-electron chi connectivity index (χ4n) is 1.21. The van der Waals surface area contributed by atoms with E-state index in [4.69, 9.17) is 12.7 Å². The van der Waals surface area contributed by atoms with E-state index in [0.717, 1.165) is 11.3 Å². The summed E-state index contributed by atoms with van der Waals surface area (Å²) >= 11 is 0. The molecule has 0 spiro atoms. The average molecular weight is 187 g/mol. The highest BCUT2D eigenvalue weighted by atomic mass is 16.5. The van der Waals surface area contributed by atoms with Gasteiger partial charge < -0.3 is 9.55 Å². The number of hydrogen-bond donors (Lipinski definition) is 0. The molecule has 0 aromatic rings. The zero-order chi connectivity index (χ0) is 10.4. The van der Waals surface area contributed by atoms with Gasteiger partial charge in [0.15, 0.2) is 7.98 Å². The molecule has 0 bridgehead atoms. The van der Waals surface area contributed by atoms with E-state index < -0.39 is 0 Å². The highest BCUT2D eigenvalue weighted by Gasteiger charge is 2.12. The van der Waals surface area contributed by atoms with Crippen molar-refractivity contribution in [3.63, 3.8) is 0 Å². The molecule has 14 heavy (non-hydrogen) atoms. The normalized spacial score (nSPS) is 19.2. The minimum absolute atomic E-state index is 0.436. The molecule has 3 heteroatoms. The van der Waals surface area contributed by atoms with Crippen molar-refractivity contribution >= 4 is 7.98 Å². The summed E-state index contributed by atoms with van der Waals surface area (Å²) in [6.45, 7) is 6.71. The lowest BCUT2D eigenvalue weighted by atomic mass is 10.1. The monoisotopic (exact) mass is 187 g/mol. The molecule has 2 nitrogen and oxygen atoms in total. The Morgan fingerprint density at radius 3 is 2.93 bits per heavy atom. The second-order valence-electron chi connectivity index (χ2n) is 3.00. The number of hydrogen-bond acceptors (Lipinski definition) is 2. The van der Waals surface area contributed by atoms with Gasteiger partial charge in [-0.2, -0.15) is 0 Å². The van der Waals surface area contributed by atoms with Crippen LogP contribution in [-0.2, 0) is 4.74 Å². The number of rotatable bonds is 3. The maximum Gasteiger partial charge on any atom is 0.187 e. The third-order valence-electron chi connectivity index (χ3n) is 1.83. The summed E-state index contributed by atoms with van der Waals surface area (Å²) in [4.78, 5) is 1.62. The van der Waals surface area contributed by atoms with E-state index in [-0.39, 0.29) is 0 Å². The Bertz CT molecular complexity index is 292.